The maximum Gasteiger partial charge on any atom is 0.355 e. The molecule has 0 unspecified atom stereocenters. The van der Waals surface area contributed by atoms with Crippen molar-refractivity contribution in [3.05, 3.63) is 54.6 Å². The summed E-state index contributed by atoms with van der Waals surface area (Å²) in [7, 11) is 1.73. The highest BCUT2D eigenvalue weighted by molar-refractivity contribution is 6.61. The van der Waals surface area contributed by atoms with Crippen molar-refractivity contribution in [3.8, 4) is 11.1 Å². The smallest absolute Gasteiger partial charge is 0.355 e. The number of hydrogen-bond donors (Lipinski definition) is 0. The monoisotopic (exact) mass is 244 g/mol. The second-order valence-electron chi connectivity index (χ2n) is 3.79. The fourth-order valence-corrected chi connectivity index (χ4v) is 3.08. The summed E-state index contributed by atoms with van der Waals surface area (Å²) in [6, 6.07) is 18.7. The van der Waals surface area contributed by atoms with E-state index >= 15 is 0 Å². The highest BCUT2D eigenvalue weighted by atomic mass is 28.3. The van der Waals surface area contributed by atoms with Crippen molar-refractivity contribution < 1.29 is 8.85 Å². The van der Waals surface area contributed by atoms with Crippen LogP contribution in [0.5, 0.6) is 0 Å². The van der Waals surface area contributed by atoms with Crippen LogP contribution >= 0.6 is 0 Å². The topological polar surface area (TPSA) is 18.5 Å². The Morgan fingerprint density at radius 3 is 1.76 bits per heavy atom. The maximum absolute atomic E-state index is 5.35. The van der Waals surface area contributed by atoms with Gasteiger partial charge in [0.25, 0.3) is 0 Å². The summed E-state index contributed by atoms with van der Waals surface area (Å²) in [5.41, 5.74) is 2.45. The number of benzene rings is 2. The minimum Gasteiger partial charge on any atom is -0.397 e. The maximum atomic E-state index is 5.35. The standard InChI is InChI=1S/C14H16O2Si/c1-15-17(16-2)14-10-8-13(9-11-14)12-6-4-3-5-7-12/h3-11,17H,1-2H3. The summed E-state index contributed by atoms with van der Waals surface area (Å²) in [4.78, 5) is 0. The van der Waals surface area contributed by atoms with Gasteiger partial charge in [0, 0.05) is 14.2 Å². The third-order valence-corrected chi connectivity index (χ3v) is 4.50. The summed E-state index contributed by atoms with van der Waals surface area (Å²) in [6.07, 6.45) is 0. The molecule has 0 amide bonds. The zero-order valence-electron chi connectivity index (χ0n) is 10.1. The predicted octanol–water partition coefficient (Wildman–Crippen LogP) is 2.07. The molecule has 2 rings (SSSR count). The lowest BCUT2D eigenvalue weighted by molar-refractivity contribution is 0.292. The molecule has 17 heavy (non-hydrogen) atoms. The molecule has 0 aromatic heterocycles. The van der Waals surface area contributed by atoms with Crippen molar-refractivity contribution >= 4 is 14.5 Å². The highest BCUT2D eigenvalue weighted by Crippen LogP contribution is 2.17. The lowest BCUT2D eigenvalue weighted by Gasteiger charge is -2.11. The van der Waals surface area contributed by atoms with E-state index in [1.54, 1.807) is 14.2 Å². The van der Waals surface area contributed by atoms with Gasteiger partial charge in [-0.1, -0.05) is 54.6 Å². The van der Waals surface area contributed by atoms with Crippen LogP contribution in [0.3, 0.4) is 0 Å². The van der Waals surface area contributed by atoms with Crippen molar-refractivity contribution in [1.29, 1.82) is 0 Å². The van der Waals surface area contributed by atoms with Gasteiger partial charge in [-0.2, -0.15) is 0 Å². The average Bonchev–Trinajstić information content (AvgIpc) is 2.42. The molecule has 2 aromatic rings. The molecule has 0 saturated heterocycles. The Hall–Kier alpha value is -1.42. The van der Waals surface area contributed by atoms with Gasteiger partial charge in [0.1, 0.15) is 0 Å². The summed E-state index contributed by atoms with van der Waals surface area (Å²) in [6.45, 7) is 0. The SMILES string of the molecule is CO[SiH](OC)c1ccc(-c2ccccc2)cc1. The second kappa shape index (κ2) is 5.77. The third kappa shape index (κ3) is 2.82. The molecule has 0 saturated carbocycles. The van der Waals surface area contributed by atoms with E-state index in [1.807, 2.05) is 18.2 Å². The quantitative estimate of drug-likeness (QED) is 0.767. The summed E-state index contributed by atoms with van der Waals surface area (Å²) in [5, 5.41) is 1.16. The van der Waals surface area contributed by atoms with E-state index in [9.17, 15) is 0 Å². The van der Waals surface area contributed by atoms with Crippen LogP contribution in [0.25, 0.3) is 11.1 Å². The van der Waals surface area contributed by atoms with Crippen molar-refractivity contribution in [1.82, 2.24) is 0 Å². The average molecular weight is 244 g/mol. The van der Waals surface area contributed by atoms with E-state index in [0.717, 1.165) is 5.19 Å². The van der Waals surface area contributed by atoms with Crippen LogP contribution < -0.4 is 5.19 Å². The zero-order valence-corrected chi connectivity index (χ0v) is 11.2. The Bertz CT molecular complexity index is 449. The summed E-state index contributed by atoms with van der Waals surface area (Å²) >= 11 is 0. The Kier molecular flexibility index (Phi) is 4.09. The van der Waals surface area contributed by atoms with Crippen LogP contribution in [0, 0.1) is 0 Å². The molecule has 0 bridgehead atoms. The van der Waals surface area contributed by atoms with Crippen molar-refractivity contribution in [2.45, 2.75) is 0 Å². The minimum absolute atomic E-state index is 1.16. The van der Waals surface area contributed by atoms with Crippen molar-refractivity contribution in [3.63, 3.8) is 0 Å². The molecule has 0 aliphatic heterocycles. The van der Waals surface area contributed by atoms with Crippen molar-refractivity contribution in [2.24, 2.45) is 0 Å². The van der Waals surface area contributed by atoms with Gasteiger partial charge in [0.2, 0.25) is 0 Å². The molecule has 0 N–H and O–H groups in total. The van der Waals surface area contributed by atoms with Gasteiger partial charge in [-0.3, -0.25) is 0 Å². The van der Waals surface area contributed by atoms with Crippen LogP contribution in [-0.2, 0) is 8.85 Å². The lowest BCUT2D eigenvalue weighted by atomic mass is 10.1. The first kappa shape index (κ1) is 12.0. The van der Waals surface area contributed by atoms with Gasteiger partial charge in [0.15, 0.2) is 0 Å². The van der Waals surface area contributed by atoms with E-state index in [4.69, 9.17) is 8.85 Å². The van der Waals surface area contributed by atoms with E-state index in [0.29, 0.717) is 0 Å². The van der Waals surface area contributed by atoms with Crippen LogP contribution in [0.1, 0.15) is 0 Å². The predicted molar refractivity (Wildman–Crippen MR) is 72.7 cm³/mol. The first-order valence-corrected chi connectivity index (χ1v) is 7.08. The van der Waals surface area contributed by atoms with Gasteiger partial charge >= 0.3 is 9.28 Å². The van der Waals surface area contributed by atoms with E-state index in [2.05, 4.69) is 36.4 Å². The molecule has 88 valence electrons. The highest BCUT2D eigenvalue weighted by Gasteiger charge is 2.12. The first-order chi connectivity index (χ1) is 8.35. The van der Waals surface area contributed by atoms with Gasteiger partial charge in [-0.25, -0.2) is 0 Å². The van der Waals surface area contributed by atoms with Crippen LogP contribution in [0.2, 0.25) is 0 Å². The molecular weight excluding hydrogens is 228 g/mol. The molecule has 3 heteroatoms. The molecule has 0 spiro atoms. The zero-order chi connectivity index (χ0) is 12.1. The second-order valence-corrected chi connectivity index (χ2v) is 6.06. The largest absolute Gasteiger partial charge is 0.397 e. The number of hydrogen-bond acceptors (Lipinski definition) is 2. The van der Waals surface area contributed by atoms with Crippen LogP contribution in [0.4, 0.5) is 0 Å². The van der Waals surface area contributed by atoms with Gasteiger partial charge in [-0.05, 0) is 16.3 Å². The summed E-state index contributed by atoms with van der Waals surface area (Å²) < 4.78 is 10.7. The molecule has 0 fully saturated rings. The Morgan fingerprint density at radius 1 is 0.706 bits per heavy atom. The minimum atomic E-state index is -1.66. The van der Waals surface area contributed by atoms with E-state index < -0.39 is 9.28 Å². The van der Waals surface area contributed by atoms with Crippen molar-refractivity contribution in [2.75, 3.05) is 14.2 Å². The van der Waals surface area contributed by atoms with Gasteiger partial charge in [-0.15, -0.1) is 0 Å². The Labute approximate surface area is 104 Å². The molecule has 2 nitrogen and oxygen atoms in total. The molecule has 0 radical (unpaired) electrons. The first-order valence-electron chi connectivity index (χ1n) is 5.56. The fourth-order valence-electron chi connectivity index (χ4n) is 1.83. The van der Waals surface area contributed by atoms with Gasteiger partial charge in [0.05, 0.1) is 0 Å². The normalized spacial score (nSPS) is 10.8. The molecule has 0 heterocycles. The Balaban J connectivity index is 2.24. The van der Waals surface area contributed by atoms with Crippen LogP contribution in [0.15, 0.2) is 54.6 Å². The van der Waals surface area contributed by atoms with E-state index in [1.165, 1.54) is 11.1 Å². The fraction of sp³-hybridized carbons (Fsp3) is 0.143. The van der Waals surface area contributed by atoms with Crippen LogP contribution in [-0.4, -0.2) is 23.5 Å². The Morgan fingerprint density at radius 2 is 1.24 bits per heavy atom. The van der Waals surface area contributed by atoms with E-state index in [-0.39, 0.29) is 0 Å². The van der Waals surface area contributed by atoms with Gasteiger partial charge < -0.3 is 8.85 Å². The molecule has 0 aliphatic rings. The molecule has 0 atom stereocenters. The molecular formula is C14H16O2Si. The molecule has 2 aromatic carbocycles. The number of rotatable bonds is 4. The lowest BCUT2D eigenvalue weighted by Crippen LogP contribution is -2.34. The third-order valence-electron chi connectivity index (χ3n) is 2.72. The molecule has 0 aliphatic carbocycles. The summed E-state index contributed by atoms with van der Waals surface area (Å²) in [5.74, 6) is 0.